The van der Waals surface area contributed by atoms with Gasteiger partial charge < -0.3 is 10.4 Å². The fraction of sp³-hybridized carbons (Fsp3) is 0.263. The molecule has 0 atom stereocenters. The van der Waals surface area contributed by atoms with E-state index in [-0.39, 0.29) is 17.7 Å². The van der Waals surface area contributed by atoms with Crippen LogP contribution in [0.2, 0.25) is 0 Å². The number of hydrogen-bond acceptors (Lipinski definition) is 2. The second-order valence-corrected chi connectivity index (χ2v) is 6.22. The monoisotopic (exact) mass is 345 g/mol. The van der Waals surface area contributed by atoms with Gasteiger partial charge in [0.2, 0.25) is 5.91 Å². The molecule has 130 valence electrons. The number of carbonyl (C=O) groups excluding carboxylic acids is 1. The van der Waals surface area contributed by atoms with Crippen LogP contribution in [0.1, 0.15) is 40.7 Å². The van der Waals surface area contributed by atoms with Gasteiger partial charge in [0.05, 0.1) is 11.0 Å². The number of hydrogen-bond donors (Lipinski definition) is 2. The highest BCUT2D eigenvalue weighted by Crippen LogP contribution is 2.46. The molecule has 1 saturated carbocycles. The molecular formula is C19H17F2NO3. The molecule has 1 amide bonds. The summed E-state index contributed by atoms with van der Waals surface area (Å²) in [4.78, 5) is 23.5. The van der Waals surface area contributed by atoms with Gasteiger partial charge in [-0.3, -0.25) is 4.79 Å². The number of rotatable bonds is 5. The Bertz CT molecular complexity index is 794. The first-order chi connectivity index (χ1) is 11.9. The van der Waals surface area contributed by atoms with Crippen LogP contribution >= 0.6 is 0 Å². The lowest BCUT2D eigenvalue weighted by atomic mass is 9.63. The minimum absolute atomic E-state index is 0.152. The zero-order valence-corrected chi connectivity index (χ0v) is 13.4. The van der Waals surface area contributed by atoms with Gasteiger partial charge in [-0.1, -0.05) is 24.6 Å². The predicted octanol–water partition coefficient (Wildman–Crippen LogP) is 3.40. The Balaban J connectivity index is 1.76. The zero-order chi connectivity index (χ0) is 18.0. The van der Waals surface area contributed by atoms with Gasteiger partial charge in [-0.05, 0) is 42.7 Å². The first kappa shape index (κ1) is 17.1. The number of aromatic carboxylic acids is 1. The number of carboxylic acid groups (broad SMARTS) is 1. The van der Waals surface area contributed by atoms with Gasteiger partial charge in [0.25, 0.3) is 0 Å². The van der Waals surface area contributed by atoms with E-state index in [1.165, 1.54) is 18.2 Å². The van der Waals surface area contributed by atoms with Crippen molar-refractivity contribution in [2.24, 2.45) is 0 Å². The maximum absolute atomic E-state index is 14.1. The van der Waals surface area contributed by atoms with E-state index in [4.69, 9.17) is 5.11 Å². The lowest BCUT2D eigenvalue weighted by Crippen LogP contribution is -2.50. The van der Waals surface area contributed by atoms with Crippen LogP contribution in [-0.2, 0) is 16.8 Å². The van der Waals surface area contributed by atoms with Gasteiger partial charge in [0.15, 0.2) is 0 Å². The van der Waals surface area contributed by atoms with E-state index >= 15 is 0 Å². The van der Waals surface area contributed by atoms with Crippen molar-refractivity contribution in [1.29, 1.82) is 0 Å². The van der Waals surface area contributed by atoms with E-state index < -0.39 is 28.9 Å². The van der Waals surface area contributed by atoms with E-state index in [0.29, 0.717) is 18.4 Å². The van der Waals surface area contributed by atoms with Gasteiger partial charge >= 0.3 is 5.97 Å². The lowest BCUT2D eigenvalue weighted by molar-refractivity contribution is -0.130. The normalized spacial score (nSPS) is 15.3. The van der Waals surface area contributed by atoms with Crippen molar-refractivity contribution in [3.63, 3.8) is 0 Å². The van der Waals surface area contributed by atoms with Crippen LogP contribution in [0.4, 0.5) is 8.78 Å². The van der Waals surface area contributed by atoms with E-state index in [1.807, 2.05) is 0 Å². The molecule has 25 heavy (non-hydrogen) atoms. The summed E-state index contributed by atoms with van der Waals surface area (Å²) >= 11 is 0. The molecule has 2 aromatic carbocycles. The highest BCUT2D eigenvalue weighted by Gasteiger charge is 2.48. The van der Waals surface area contributed by atoms with Gasteiger partial charge in [0.1, 0.15) is 11.6 Å². The van der Waals surface area contributed by atoms with Crippen LogP contribution in [0.3, 0.4) is 0 Å². The van der Waals surface area contributed by atoms with E-state index in [9.17, 15) is 18.4 Å². The van der Waals surface area contributed by atoms with Crippen LogP contribution < -0.4 is 5.32 Å². The molecule has 3 rings (SSSR count). The number of nitrogens with one attached hydrogen (secondary N) is 1. The highest BCUT2D eigenvalue weighted by atomic mass is 19.1. The summed E-state index contributed by atoms with van der Waals surface area (Å²) in [5.74, 6) is -2.86. The van der Waals surface area contributed by atoms with Gasteiger partial charge in [-0.15, -0.1) is 0 Å². The summed E-state index contributed by atoms with van der Waals surface area (Å²) in [5.41, 5.74) is -0.475. The van der Waals surface area contributed by atoms with Crippen molar-refractivity contribution >= 4 is 11.9 Å². The Morgan fingerprint density at radius 2 is 1.64 bits per heavy atom. The summed E-state index contributed by atoms with van der Waals surface area (Å²) in [6, 6.07) is 9.69. The Morgan fingerprint density at radius 1 is 1.04 bits per heavy atom. The fourth-order valence-electron chi connectivity index (χ4n) is 3.19. The molecule has 1 aliphatic carbocycles. The second kappa shape index (κ2) is 6.63. The van der Waals surface area contributed by atoms with Crippen molar-refractivity contribution < 1.29 is 23.5 Å². The lowest BCUT2D eigenvalue weighted by Gasteiger charge is -2.40. The fourth-order valence-corrected chi connectivity index (χ4v) is 3.19. The first-order valence-electron chi connectivity index (χ1n) is 7.99. The second-order valence-electron chi connectivity index (χ2n) is 6.22. The van der Waals surface area contributed by atoms with Gasteiger partial charge in [-0.2, -0.15) is 0 Å². The molecule has 0 aliphatic heterocycles. The van der Waals surface area contributed by atoms with Crippen LogP contribution in [-0.4, -0.2) is 17.0 Å². The van der Waals surface area contributed by atoms with Crippen molar-refractivity contribution in [2.45, 2.75) is 31.2 Å². The van der Waals surface area contributed by atoms with Crippen molar-refractivity contribution in [3.8, 4) is 0 Å². The van der Waals surface area contributed by atoms with E-state index in [2.05, 4.69) is 5.32 Å². The Labute approximate surface area is 143 Å². The number of carbonyl (C=O) groups is 2. The van der Waals surface area contributed by atoms with Crippen molar-refractivity contribution in [1.82, 2.24) is 5.32 Å². The third kappa shape index (κ3) is 3.12. The summed E-state index contributed by atoms with van der Waals surface area (Å²) in [7, 11) is 0. The molecule has 1 aliphatic rings. The molecule has 0 radical (unpaired) electrons. The number of halogens is 2. The predicted molar refractivity (Wildman–Crippen MR) is 87.1 cm³/mol. The average molecular weight is 345 g/mol. The summed E-state index contributed by atoms with van der Waals surface area (Å²) < 4.78 is 28.3. The number of carboxylic acids is 1. The van der Waals surface area contributed by atoms with Crippen LogP contribution in [0.25, 0.3) is 0 Å². The molecule has 2 N–H and O–H groups in total. The van der Waals surface area contributed by atoms with Gasteiger partial charge in [0, 0.05) is 12.1 Å². The molecule has 1 fully saturated rings. The zero-order valence-electron chi connectivity index (χ0n) is 13.4. The molecule has 4 nitrogen and oxygen atoms in total. The third-order valence-corrected chi connectivity index (χ3v) is 4.74. The maximum atomic E-state index is 14.1. The molecular weight excluding hydrogens is 328 g/mol. The third-order valence-electron chi connectivity index (χ3n) is 4.74. The Kier molecular flexibility index (Phi) is 4.53. The SMILES string of the molecule is O=C(O)c1ccc(CNC(=O)C2(c3c(F)cccc3F)CCC2)cc1. The molecule has 2 aromatic rings. The van der Waals surface area contributed by atoms with E-state index in [1.54, 1.807) is 12.1 Å². The molecule has 0 unspecified atom stereocenters. The average Bonchev–Trinajstić information content (AvgIpc) is 2.55. The summed E-state index contributed by atoms with van der Waals surface area (Å²) in [6.45, 7) is 0.163. The van der Waals surface area contributed by atoms with Gasteiger partial charge in [-0.25, -0.2) is 13.6 Å². The number of amides is 1. The Hall–Kier alpha value is -2.76. The smallest absolute Gasteiger partial charge is 0.335 e. The molecule has 0 spiro atoms. The maximum Gasteiger partial charge on any atom is 0.335 e. The van der Waals surface area contributed by atoms with E-state index in [0.717, 1.165) is 18.6 Å². The quantitative estimate of drug-likeness (QED) is 0.873. The molecule has 0 aromatic heterocycles. The summed E-state index contributed by atoms with van der Waals surface area (Å²) in [5, 5.41) is 11.6. The topological polar surface area (TPSA) is 66.4 Å². The first-order valence-corrected chi connectivity index (χ1v) is 7.99. The summed E-state index contributed by atoms with van der Waals surface area (Å²) in [6.07, 6.45) is 1.53. The van der Waals surface area contributed by atoms with Crippen LogP contribution in [0.5, 0.6) is 0 Å². The highest BCUT2D eigenvalue weighted by molar-refractivity contribution is 5.89. The molecule has 6 heteroatoms. The van der Waals surface area contributed by atoms with Crippen LogP contribution in [0, 0.1) is 11.6 Å². The van der Waals surface area contributed by atoms with Crippen molar-refractivity contribution in [2.75, 3.05) is 0 Å². The molecule has 0 bridgehead atoms. The van der Waals surface area contributed by atoms with Crippen molar-refractivity contribution in [3.05, 3.63) is 70.8 Å². The standard InChI is InChI=1S/C19H17F2NO3/c20-14-3-1-4-15(21)16(14)19(9-2-10-19)18(25)22-11-12-5-7-13(8-6-12)17(23)24/h1,3-8H,2,9-11H2,(H,22,25)(H,23,24). The minimum atomic E-state index is -1.17. The molecule has 0 heterocycles. The van der Waals surface area contributed by atoms with Crippen LogP contribution in [0.15, 0.2) is 42.5 Å². The largest absolute Gasteiger partial charge is 0.478 e. The minimum Gasteiger partial charge on any atom is -0.478 e. The Morgan fingerprint density at radius 3 is 2.12 bits per heavy atom. The number of benzene rings is 2. The molecule has 0 saturated heterocycles.